The van der Waals surface area contributed by atoms with E-state index in [2.05, 4.69) is 0 Å². The highest BCUT2D eigenvalue weighted by Gasteiger charge is 2.33. The predicted octanol–water partition coefficient (Wildman–Crippen LogP) is 1.43. The van der Waals surface area contributed by atoms with Gasteiger partial charge in [0.15, 0.2) is 0 Å². The molecule has 174 valence electrons. The molecule has 2 aliphatic heterocycles. The van der Waals surface area contributed by atoms with E-state index in [4.69, 9.17) is 9.57 Å². The molecular formula is C22H28N2O8. The molecule has 4 amide bonds. The molecule has 1 aliphatic carbocycles. The molecular weight excluding hydrogens is 420 g/mol. The molecule has 3 aliphatic rings. The summed E-state index contributed by atoms with van der Waals surface area (Å²) in [6.07, 6.45) is 7.39. The van der Waals surface area contributed by atoms with E-state index in [-0.39, 0.29) is 55.5 Å². The minimum Gasteiger partial charge on any atom is -0.465 e. The summed E-state index contributed by atoms with van der Waals surface area (Å²) >= 11 is 0. The van der Waals surface area contributed by atoms with Gasteiger partial charge in [-0.15, -0.1) is 5.06 Å². The number of hydroxylamine groups is 2. The van der Waals surface area contributed by atoms with E-state index in [0.717, 1.165) is 12.8 Å². The van der Waals surface area contributed by atoms with Crippen LogP contribution in [0.2, 0.25) is 0 Å². The average Bonchev–Trinajstić information content (AvgIpc) is 3.26. The molecule has 32 heavy (non-hydrogen) atoms. The summed E-state index contributed by atoms with van der Waals surface area (Å²) < 4.78 is 5.35. The van der Waals surface area contributed by atoms with Gasteiger partial charge in [0.05, 0.1) is 12.5 Å². The first-order valence-corrected chi connectivity index (χ1v) is 11.1. The molecule has 3 rings (SSSR count). The lowest BCUT2D eigenvalue weighted by atomic mass is 9.82. The Balaban J connectivity index is 1.22. The first-order chi connectivity index (χ1) is 15.3. The topological polar surface area (TPSA) is 127 Å². The molecule has 0 N–H and O–H groups in total. The number of unbranched alkanes of at least 4 members (excludes halogenated alkanes) is 2. The molecule has 2 fully saturated rings. The number of ether oxygens (including phenoxy) is 1. The van der Waals surface area contributed by atoms with Crippen molar-refractivity contribution in [2.75, 3.05) is 13.2 Å². The number of imide groups is 2. The van der Waals surface area contributed by atoms with Crippen LogP contribution in [0.5, 0.6) is 0 Å². The van der Waals surface area contributed by atoms with E-state index in [0.29, 0.717) is 43.7 Å². The van der Waals surface area contributed by atoms with Gasteiger partial charge in [-0.2, -0.15) is 0 Å². The average molecular weight is 448 g/mol. The normalized spacial score (nSPS) is 23.2. The van der Waals surface area contributed by atoms with E-state index in [1.165, 1.54) is 17.1 Å². The molecule has 0 aromatic rings. The number of carbonyl (C=O) groups excluding carboxylic acids is 6. The number of carbonyl (C=O) groups is 6. The minimum atomic E-state index is -0.629. The van der Waals surface area contributed by atoms with E-state index in [1.54, 1.807) is 0 Å². The zero-order valence-corrected chi connectivity index (χ0v) is 18.0. The Morgan fingerprint density at radius 1 is 0.875 bits per heavy atom. The van der Waals surface area contributed by atoms with Crippen LogP contribution < -0.4 is 0 Å². The van der Waals surface area contributed by atoms with Crippen LogP contribution in [-0.4, -0.2) is 58.7 Å². The summed E-state index contributed by atoms with van der Waals surface area (Å²) in [5.41, 5.74) is 0. The highest BCUT2D eigenvalue weighted by atomic mass is 16.7. The van der Waals surface area contributed by atoms with Crippen molar-refractivity contribution < 1.29 is 38.3 Å². The van der Waals surface area contributed by atoms with Gasteiger partial charge in [-0.25, -0.2) is 4.79 Å². The van der Waals surface area contributed by atoms with Crippen LogP contribution in [0, 0.1) is 11.8 Å². The number of nitrogens with zero attached hydrogens (tertiary/aromatic N) is 2. The standard InChI is InChI=1S/C22H28N2O8/c25-17-9-10-18(26)23(17)14-15-5-7-16(8-6-15)22(30)31-13-3-1-2-4-21(29)32-24-19(27)11-12-20(24)28/h9-10,15-16H,1-8,11-14H2. The molecule has 0 atom stereocenters. The van der Waals surface area contributed by atoms with Gasteiger partial charge in [0, 0.05) is 38.0 Å². The van der Waals surface area contributed by atoms with Crippen LogP contribution >= 0.6 is 0 Å². The fourth-order valence-corrected chi connectivity index (χ4v) is 4.09. The van der Waals surface area contributed by atoms with Gasteiger partial charge in [-0.1, -0.05) is 0 Å². The van der Waals surface area contributed by atoms with Crippen LogP contribution in [0.4, 0.5) is 0 Å². The minimum absolute atomic E-state index is 0.0639. The number of rotatable bonds is 10. The summed E-state index contributed by atoms with van der Waals surface area (Å²) in [6.45, 7) is 0.661. The number of esters is 1. The molecule has 0 aromatic heterocycles. The first-order valence-electron chi connectivity index (χ1n) is 11.1. The van der Waals surface area contributed by atoms with E-state index >= 15 is 0 Å². The molecule has 0 aromatic carbocycles. The Morgan fingerprint density at radius 2 is 1.50 bits per heavy atom. The molecule has 0 bridgehead atoms. The van der Waals surface area contributed by atoms with Crippen molar-refractivity contribution in [2.24, 2.45) is 11.8 Å². The number of amides is 4. The van der Waals surface area contributed by atoms with E-state index in [1.807, 2.05) is 0 Å². The summed E-state index contributed by atoms with van der Waals surface area (Å²) in [6, 6.07) is 0. The van der Waals surface area contributed by atoms with Gasteiger partial charge in [-0.05, 0) is 50.9 Å². The smallest absolute Gasteiger partial charge is 0.333 e. The van der Waals surface area contributed by atoms with Crippen LogP contribution in [0.3, 0.4) is 0 Å². The van der Waals surface area contributed by atoms with Crippen molar-refractivity contribution in [3.63, 3.8) is 0 Å². The van der Waals surface area contributed by atoms with Crippen molar-refractivity contribution in [1.82, 2.24) is 9.96 Å². The molecule has 0 unspecified atom stereocenters. The largest absolute Gasteiger partial charge is 0.465 e. The van der Waals surface area contributed by atoms with Crippen molar-refractivity contribution in [3.05, 3.63) is 12.2 Å². The lowest BCUT2D eigenvalue weighted by molar-refractivity contribution is -0.197. The van der Waals surface area contributed by atoms with Crippen molar-refractivity contribution >= 4 is 35.6 Å². The Bertz CT molecular complexity index is 779. The molecule has 1 saturated heterocycles. The molecule has 10 heteroatoms. The fourth-order valence-electron chi connectivity index (χ4n) is 4.09. The predicted molar refractivity (Wildman–Crippen MR) is 108 cm³/mol. The van der Waals surface area contributed by atoms with Crippen LogP contribution in [0.25, 0.3) is 0 Å². The maximum Gasteiger partial charge on any atom is 0.333 e. The molecule has 0 radical (unpaired) electrons. The molecule has 1 saturated carbocycles. The number of hydrogen-bond donors (Lipinski definition) is 0. The highest BCUT2D eigenvalue weighted by molar-refractivity contribution is 6.12. The monoisotopic (exact) mass is 448 g/mol. The van der Waals surface area contributed by atoms with Gasteiger partial charge in [0.1, 0.15) is 0 Å². The lowest BCUT2D eigenvalue weighted by Crippen LogP contribution is -2.36. The van der Waals surface area contributed by atoms with Crippen molar-refractivity contribution in [1.29, 1.82) is 0 Å². The van der Waals surface area contributed by atoms with Gasteiger partial charge >= 0.3 is 11.9 Å². The van der Waals surface area contributed by atoms with E-state index in [9.17, 15) is 28.8 Å². The lowest BCUT2D eigenvalue weighted by Gasteiger charge is -2.29. The summed E-state index contributed by atoms with van der Waals surface area (Å²) in [4.78, 5) is 76.1. The molecule has 0 spiro atoms. The third-order valence-electron chi connectivity index (χ3n) is 5.99. The Kier molecular flexibility index (Phi) is 8.13. The second-order valence-corrected chi connectivity index (χ2v) is 8.36. The van der Waals surface area contributed by atoms with Crippen molar-refractivity contribution in [2.45, 2.75) is 64.2 Å². The zero-order chi connectivity index (χ0) is 23.1. The second-order valence-electron chi connectivity index (χ2n) is 8.36. The zero-order valence-electron chi connectivity index (χ0n) is 18.0. The summed E-state index contributed by atoms with van der Waals surface area (Å²) in [5, 5.41) is 0.538. The van der Waals surface area contributed by atoms with Gasteiger partial charge in [0.2, 0.25) is 0 Å². The highest BCUT2D eigenvalue weighted by Crippen LogP contribution is 2.30. The molecule has 2 heterocycles. The third-order valence-corrected chi connectivity index (χ3v) is 5.99. The van der Waals surface area contributed by atoms with Crippen LogP contribution in [-0.2, 0) is 38.3 Å². The summed E-state index contributed by atoms with van der Waals surface area (Å²) in [7, 11) is 0. The summed E-state index contributed by atoms with van der Waals surface area (Å²) in [5.74, 6) is -2.37. The Labute approximate surface area is 185 Å². The maximum atomic E-state index is 12.3. The van der Waals surface area contributed by atoms with E-state index < -0.39 is 17.8 Å². The Morgan fingerprint density at radius 3 is 2.12 bits per heavy atom. The van der Waals surface area contributed by atoms with Gasteiger partial charge < -0.3 is 9.57 Å². The second kappa shape index (κ2) is 11.0. The number of hydrogen-bond acceptors (Lipinski definition) is 8. The van der Waals surface area contributed by atoms with Crippen molar-refractivity contribution in [3.8, 4) is 0 Å². The Hall–Kier alpha value is -3.04. The fraction of sp³-hybridized carbons (Fsp3) is 0.636. The van der Waals surface area contributed by atoms with Crippen LogP contribution in [0.15, 0.2) is 12.2 Å². The SMILES string of the molecule is O=C(CCCCCOC(=O)C1CCC(CN2C(=O)C=CC2=O)CC1)ON1C(=O)CCC1=O. The van der Waals surface area contributed by atoms with Gasteiger partial charge in [-0.3, -0.25) is 28.9 Å². The molecule has 10 nitrogen and oxygen atoms in total. The van der Waals surface area contributed by atoms with Crippen LogP contribution in [0.1, 0.15) is 64.2 Å². The maximum absolute atomic E-state index is 12.3. The first kappa shape index (κ1) is 23.6. The third kappa shape index (κ3) is 6.24. The van der Waals surface area contributed by atoms with Gasteiger partial charge in [0.25, 0.3) is 23.6 Å². The quantitative estimate of drug-likeness (QED) is 0.279.